The number of amides is 1. The van der Waals surface area contributed by atoms with Crippen LogP contribution in [0.1, 0.15) is 5.76 Å². The van der Waals surface area contributed by atoms with Gasteiger partial charge in [-0.15, -0.1) is 0 Å². The van der Waals surface area contributed by atoms with Crippen LogP contribution in [0.2, 0.25) is 0 Å². The molecule has 0 aliphatic heterocycles. The fourth-order valence-electron chi connectivity index (χ4n) is 0.515. The number of aryl methyl sites for hydroxylation is 1. The van der Waals surface area contributed by atoms with E-state index in [1.165, 1.54) is 0 Å². The monoisotopic (exact) mass is 297 g/mol. The number of nitrogens with one attached hydrogen (secondary N) is 1. The molecule has 0 radical (unpaired) electrons. The minimum atomic E-state index is -0.948. The average molecular weight is 297 g/mol. The smallest absolute Gasteiger partial charge is 0.404 e. The molecule has 0 spiro atoms. The fraction of sp³-hybridized carbons (Fsp3) is 0.375. The highest BCUT2D eigenvalue weighted by Crippen LogP contribution is 1.93. The maximum Gasteiger partial charge on any atom is 0.404 e. The fourth-order valence-corrected chi connectivity index (χ4v) is 0.785. The summed E-state index contributed by atoms with van der Waals surface area (Å²) in [5.41, 5.74) is 0. The van der Waals surface area contributed by atoms with Crippen LogP contribution in [-0.2, 0) is 0 Å². The Balaban J connectivity index is 0.000000223. The predicted octanol–water partition coefficient (Wildman–Crippen LogP) is 2.28. The lowest BCUT2D eigenvalue weighted by Crippen LogP contribution is -2.22. The van der Waals surface area contributed by atoms with Gasteiger partial charge in [-0.1, -0.05) is 22.6 Å². The first kappa shape index (κ1) is 12.3. The second-order valence-corrected chi connectivity index (χ2v) is 3.22. The van der Waals surface area contributed by atoms with Crippen LogP contribution in [-0.4, -0.2) is 22.2 Å². The number of hydrogen-bond acceptors (Lipinski definition) is 2. The van der Waals surface area contributed by atoms with Crippen molar-refractivity contribution in [2.75, 3.05) is 11.0 Å². The molecule has 0 aliphatic rings. The third kappa shape index (κ3) is 9.19. The summed E-state index contributed by atoms with van der Waals surface area (Å²) in [7, 11) is 0. The van der Waals surface area contributed by atoms with Gasteiger partial charge in [0, 0.05) is 11.0 Å². The van der Waals surface area contributed by atoms with E-state index in [0.717, 1.165) is 10.2 Å². The quantitative estimate of drug-likeness (QED) is 0.650. The Morgan fingerprint density at radius 3 is 2.62 bits per heavy atom. The summed E-state index contributed by atoms with van der Waals surface area (Å²) < 4.78 is 5.66. The molecular weight excluding hydrogens is 285 g/mol. The molecule has 1 heterocycles. The number of hydrogen-bond donors (Lipinski definition) is 2. The van der Waals surface area contributed by atoms with Crippen LogP contribution < -0.4 is 5.32 Å². The van der Waals surface area contributed by atoms with Crippen LogP contribution >= 0.6 is 22.6 Å². The van der Waals surface area contributed by atoms with Gasteiger partial charge in [-0.3, -0.25) is 0 Å². The Morgan fingerprint density at radius 2 is 2.46 bits per heavy atom. The Morgan fingerprint density at radius 1 is 1.77 bits per heavy atom. The van der Waals surface area contributed by atoms with Gasteiger partial charge in [0.05, 0.1) is 6.26 Å². The summed E-state index contributed by atoms with van der Waals surface area (Å²) in [5.74, 6) is 0.968. The van der Waals surface area contributed by atoms with E-state index < -0.39 is 6.09 Å². The summed E-state index contributed by atoms with van der Waals surface area (Å²) in [6.07, 6.45) is 0.715. The van der Waals surface area contributed by atoms with Gasteiger partial charge in [0.1, 0.15) is 5.76 Å². The zero-order valence-corrected chi connectivity index (χ0v) is 9.45. The molecule has 1 amide bonds. The van der Waals surface area contributed by atoms with E-state index in [4.69, 9.17) is 9.52 Å². The lowest BCUT2D eigenvalue weighted by molar-refractivity contribution is 0.195. The Labute approximate surface area is 90.5 Å². The third-order valence-electron chi connectivity index (χ3n) is 1.03. The molecule has 1 aromatic heterocycles. The van der Waals surface area contributed by atoms with Gasteiger partial charge in [0.15, 0.2) is 0 Å². The van der Waals surface area contributed by atoms with Gasteiger partial charge in [0.2, 0.25) is 0 Å². The Kier molecular flexibility index (Phi) is 7.47. The molecule has 74 valence electrons. The molecule has 13 heavy (non-hydrogen) atoms. The van der Waals surface area contributed by atoms with Crippen molar-refractivity contribution >= 4 is 28.7 Å². The van der Waals surface area contributed by atoms with Crippen molar-refractivity contribution in [2.24, 2.45) is 0 Å². The summed E-state index contributed by atoms with van der Waals surface area (Å²) >= 11 is 2.09. The van der Waals surface area contributed by atoms with Crippen LogP contribution in [0.5, 0.6) is 0 Å². The first-order valence-electron chi connectivity index (χ1n) is 3.69. The molecule has 0 fully saturated rings. The van der Waals surface area contributed by atoms with E-state index in [0.29, 0.717) is 6.54 Å². The van der Waals surface area contributed by atoms with Crippen LogP contribution in [0, 0.1) is 6.92 Å². The number of alkyl halides is 1. The predicted molar refractivity (Wildman–Crippen MR) is 58.4 cm³/mol. The van der Waals surface area contributed by atoms with Crippen LogP contribution in [0.25, 0.3) is 0 Å². The maximum absolute atomic E-state index is 9.64. The SMILES string of the molecule is Cc1ccco1.O=C(O)NCCI. The Hall–Kier alpha value is -0.720. The number of halogens is 1. The van der Waals surface area contributed by atoms with Crippen molar-refractivity contribution < 1.29 is 14.3 Å². The normalized spacial score (nSPS) is 8.46. The van der Waals surface area contributed by atoms with Gasteiger partial charge in [-0.25, -0.2) is 4.79 Å². The van der Waals surface area contributed by atoms with Gasteiger partial charge in [0.25, 0.3) is 0 Å². The van der Waals surface area contributed by atoms with Crippen molar-refractivity contribution in [1.82, 2.24) is 5.32 Å². The van der Waals surface area contributed by atoms with E-state index >= 15 is 0 Å². The number of carbonyl (C=O) groups is 1. The summed E-state index contributed by atoms with van der Waals surface area (Å²) in [5, 5.41) is 10.1. The molecule has 0 unspecified atom stereocenters. The number of carboxylic acid groups (broad SMARTS) is 1. The highest BCUT2D eigenvalue weighted by molar-refractivity contribution is 14.1. The number of rotatable bonds is 2. The van der Waals surface area contributed by atoms with Crippen LogP contribution in [0.3, 0.4) is 0 Å². The lowest BCUT2D eigenvalue weighted by Gasteiger charge is -1.91. The van der Waals surface area contributed by atoms with Gasteiger partial charge in [-0.2, -0.15) is 0 Å². The zero-order valence-electron chi connectivity index (χ0n) is 7.29. The molecular formula is C8H12INO3. The number of furan rings is 1. The molecule has 0 aromatic carbocycles. The maximum atomic E-state index is 9.64. The topological polar surface area (TPSA) is 62.5 Å². The van der Waals surface area contributed by atoms with E-state index in [9.17, 15) is 4.79 Å². The minimum absolute atomic E-state index is 0.538. The van der Waals surface area contributed by atoms with Crippen LogP contribution in [0.15, 0.2) is 22.8 Å². The third-order valence-corrected chi connectivity index (χ3v) is 1.57. The summed E-state index contributed by atoms with van der Waals surface area (Å²) in [6.45, 7) is 2.45. The van der Waals surface area contributed by atoms with Gasteiger partial charge >= 0.3 is 6.09 Å². The van der Waals surface area contributed by atoms with E-state index in [2.05, 4.69) is 27.9 Å². The molecule has 1 aromatic rings. The Bertz CT molecular complexity index is 223. The summed E-state index contributed by atoms with van der Waals surface area (Å²) in [6, 6.07) is 3.79. The molecule has 0 saturated carbocycles. The minimum Gasteiger partial charge on any atom is -0.470 e. The lowest BCUT2D eigenvalue weighted by atomic mass is 10.5. The second kappa shape index (κ2) is 7.90. The van der Waals surface area contributed by atoms with Gasteiger partial charge in [-0.05, 0) is 19.1 Å². The van der Waals surface area contributed by atoms with Crippen molar-refractivity contribution in [3.05, 3.63) is 24.2 Å². The van der Waals surface area contributed by atoms with Crippen molar-refractivity contribution in [3.8, 4) is 0 Å². The molecule has 0 atom stereocenters. The van der Waals surface area contributed by atoms with E-state index in [-0.39, 0.29) is 0 Å². The first-order chi connectivity index (χ1) is 6.16. The van der Waals surface area contributed by atoms with Crippen LogP contribution in [0.4, 0.5) is 4.79 Å². The molecule has 0 aliphatic carbocycles. The molecule has 0 bridgehead atoms. The first-order valence-corrected chi connectivity index (χ1v) is 5.22. The highest BCUT2D eigenvalue weighted by Gasteiger charge is 1.87. The van der Waals surface area contributed by atoms with Gasteiger partial charge < -0.3 is 14.8 Å². The standard InChI is InChI=1S/C5H6O.C3H6INO2/c1-5-3-2-4-6-5;4-1-2-5-3(6)7/h2-4H,1H3;5H,1-2H2,(H,6,7). The van der Waals surface area contributed by atoms with Crippen molar-refractivity contribution in [3.63, 3.8) is 0 Å². The zero-order chi connectivity index (χ0) is 10.1. The highest BCUT2D eigenvalue weighted by atomic mass is 127. The van der Waals surface area contributed by atoms with Crippen molar-refractivity contribution in [2.45, 2.75) is 6.92 Å². The van der Waals surface area contributed by atoms with Crippen molar-refractivity contribution in [1.29, 1.82) is 0 Å². The average Bonchev–Trinajstić information content (AvgIpc) is 2.53. The molecule has 4 nitrogen and oxygen atoms in total. The molecule has 0 saturated heterocycles. The van der Waals surface area contributed by atoms with E-state index in [1.54, 1.807) is 6.26 Å². The molecule has 5 heteroatoms. The second-order valence-electron chi connectivity index (χ2n) is 2.14. The van der Waals surface area contributed by atoms with E-state index in [1.807, 2.05) is 19.1 Å². The molecule has 1 rings (SSSR count). The largest absolute Gasteiger partial charge is 0.470 e. The molecule has 2 N–H and O–H groups in total. The summed E-state index contributed by atoms with van der Waals surface area (Å²) in [4.78, 5) is 9.64.